The lowest BCUT2D eigenvalue weighted by Crippen LogP contribution is -2.38. The SMILES string of the molecule is N#CC1=CC2(CCCCC2)Oc2ccc(F)cc21. The molecule has 3 rings (SSSR count). The maximum absolute atomic E-state index is 13.2. The van der Waals surface area contributed by atoms with Gasteiger partial charge in [-0.2, -0.15) is 5.26 Å². The Morgan fingerprint density at radius 3 is 2.72 bits per heavy atom. The van der Waals surface area contributed by atoms with Gasteiger partial charge in [0, 0.05) is 5.56 Å². The third kappa shape index (κ3) is 1.78. The first-order valence-corrected chi connectivity index (χ1v) is 6.34. The highest BCUT2D eigenvalue weighted by molar-refractivity contribution is 5.82. The Hall–Kier alpha value is -1.82. The Kier molecular flexibility index (Phi) is 2.59. The number of nitrogens with zero attached hydrogens (tertiary/aromatic N) is 1. The van der Waals surface area contributed by atoms with Crippen molar-refractivity contribution in [1.29, 1.82) is 5.26 Å². The average Bonchev–Trinajstić information content (AvgIpc) is 2.39. The zero-order valence-electron chi connectivity index (χ0n) is 10.1. The molecule has 1 aromatic carbocycles. The standard InChI is InChI=1S/C15H14FNO/c16-12-4-5-14-13(8-12)11(10-17)9-15(18-14)6-2-1-3-7-15/h4-5,8-9H,1-3,6-7H2. The van der Waals surface area contributed by atoms with Crippen molar-refractivity contribution in [1.82, 2.24) is 0 Å². The molecule has 1 aliphatic heterocycles. The highest BCUT2D eigenvalue weighted by Gasteiger charge is 2.36. The van der Waals surface area contributed by atoms with Crippen LogP contribution in [0.1, 0.15) is 37.7 Å². The first-order chi connectivity index (χ1) is 8.72. The lowest BCUT2D eigenvalue weighted by Gasteiger charge is -2.38. The van der Waals surface area contributed by atoms with Crippen molar-refractivity contribution < 1.29 is 9.13 Å². The zero-order valence-corrected chi connectivity index (χ0v) is 10.1. The topological polar surface area (TPSA) is 33.0 Å². The number of fused-ring (bicyclic) bond motifs is 1. The number of hydrogen-bond acceptors (Lipinski definition) is 2. The molecule has 0 amide bonds. The molecule has 0 atom stereocenters. The van der Waals surface area contributed by atoms with Crippen LogP contribution in [0.25, 0.3) is 5.57 Å². The van der Waals surface area contributed by atoms with E-state index in [9.17, 15) is 9.65 Å². The number of allylic oxidation sites excluding steroid dienone is 1. The van der Waals surface area contributed by atoms with Crippen LogP contribution in [0.3, 0.4) is 0 Å². The van der Waals surface area contributed by atoms with Crippen LogP contribution in [0.15, 0.2) is 24.3 Å². The van der Waals surface area contributed by atoms with Gasteiger partial charge in [-0.25, -0.2) is 4.39 Å². The Morgan fingerprint density at radius 2 is 2.00 bits per heavy atom. The third-order valence-corrected chi connectivity index (χ3v) is 3.77. The van der Waals surface area contributed by atoms with Gasteiger partial charge in [-0.15, -0.1) is 0 Å². The van der Waals surface area contributed by atoms with E-state index in [1.165, 1.54) is 18.6 Å². The van der Waals surface area contributed by atoms with Gasteiger partial charge < -0.3 is 4.74 Å². The molecule has 0 unspecified atom stereocenters. The molecule has 3 heteroatoms. The van der Waals surface area contributed by atoms with Gasteiger partial charge >= 0.3 is 0 Å². The van der Waals surface area contributed by atoms with Crippen LogP contribution in [0.4, 0.5) is 4.39 Å². The fourth-order valence-corrected chi connectivity index (χ4v) is 2.88. The van der Waals surface area contributed by atoms with Gasteiger partial charge in [-0.3, -0.25) is 0 Å². The second kappa shape index (κ2) is 4.13. The van der Waals surface area contributed by atoms with Gasteiger partial charge in [0.25, 0.3) is 0 Å². The lowest BCUT2D eigenvalue weighted by molar-refractivity contribution is 0.0746. The molecule has 92 valence electrons. The molecule has 1 aromatic rings. The highest BCUT2D eigenvalue weighted by Crippen LogP contribution is 2.42. The van der Waals surface area contributed by atoms with Crippen LogP contribution < -0.4 is 4.74 Å². The van der Waals surface area contributed by atoms with Crippen molar-refractivity contribution >= 4 is 5.57 Å². The molecular formula is C15H14FNO. The smallest absolute Gasteiger partial charge is 0.129 e. The minimum Gasteiger partial charge on any atom is -0.482 e. The maximum atomic E-state index is 13.2. The number of halogens is 1. The highest BCUT2D eigenvalue weighted by atomic mass is 19.1. The number of hydrogen-bond donors (Lipinski definition) is 0. The average molecular weight is 243 g/mol. The van der Waals surface area contributed by atoms with Crippen molar-refractivity contribution in [2.45, 2.75) is 37.7 Å². The van der Waals surface area contributed by atoms with Crippen molar-refractivity contribution in [3.05, 3.63) is 35.7 Å². The minimum absolute atomic E-state index is 0.335. The van der Waals surface area contributed by atoms with Crippen LogP contribution in [-0.2, 0) is 0 Å². The summed E-state index contributed by atoms with van der Waals surface area (Å²) in [6.07, 6.45) is 7.23. The van der Waals surface area contributed by atoms with E-state index >= 15 is 0 Å². The zero-order chi connectivity index (χ0) is 12.6. The first-order valence-electron chi connectivity index (χ1n) is 6.34. The second-order valence-corrected chi connectivity index (χ2v) is 5.04. The molecule has 18 heavy (non-hydrogen) atoms. The summed E-state index contributed by atoms with van der Waals surface area (Å²) < 4.78 is 19.3. The number of rotatable bonds is 0. The van der Waals surface area contributed by atoms with Crippen molar-refractivity contribution in [3.8, 4) is 11.8 Å². The summed E-state index contributed by atoms with van der Waals surface area (Å²) in [4.78, 5) is 0. The molecule has 2 aliphatic rings. The molecule has 0 bridgehead atoms. The van der Waals surface area contributed by atoms with E-state index in [4.69, 9.17) is 4.74 Å². The van der Waals surface area contributed by atoms with Gasteiger partial charge in [-0.1, -0.05) is 6.42 Å². The van der Waals surface area contributed by atoms with Gasteiger partial charge in [0.05, 0.1) is 11.6 Å². The third-order valence-electron chi connectivity index (χ3n) is 3.77. The first kappa shape index (κ1) is 11.3. The molecule has 0 radical (unpaired) electrons. The van der Waals surface area contributed by atoms with Gasteiger partial charge in [0.2, 0.25) is 0 Å². The van der Waals surface area contributed by atoms with Crippen LogP contribution in [0.2, 0.25) is 0 Å². The Morgan fingerprint density at radius 1 is 1.22 bits per heavy atom. The predicted octanol–water partition coefficient (Wildman–Crippen LogP) is 3.83. The van der Waals surface area contributed by atoms with Gasteiger partial charge in [0.15, 0.2) is 0 Å². The summed E-state index contributed by atoms with van der Waals surface area (Å²) in [6.45, 7) is 0. The van der Waals surface area contributed by atoms with Crippen molar-refractivity contribution in [2.75, 3.05) is 0 Å². The van der Waals surface area contributed by atoms with Gasteiger partial charge in [-0.05, 0) is 50.0 Å². The van der Waals surface area contributed by atoms with Crippen LogP contribution in [0.5, 0.6) is 5.75 Å². The van der Waals surface area contributed by atoms with Crippen LogP contribution in [-0.4, -0.2) is 5.60 Å². The molecule has 1 aliphatic carbocycles. The molecular weight excluding hydrogens is 229 g/mol. The molecule has 0 aromatic heterocycles. The Bertz CT molecular complexity index is 550. The summed E-state index contributed by atoms with van der Waals surface area (Å²) in [5.41, 5.74) is 0.778. The largest absolute Gasteiger partial charge is 0.482 e. The van der Waals surface area contributed by atoms with E-state index in [-0.39, 0.29) is 11.4 Å². The number of benzene rings is 1. The van der Waals surface area contributed by atoms with Crippen molar-refractivity contribution in [3.63, 3.8) is 0 Å². The quantitative estimate of drug-likeness (QED) is 0.693. The molecule has 2 nitrogen and oxygen atoms in total. The molecule has 1 spiro atoms. The van der Waals surface area contributed by atoms with E-state index in [1.807, 2.05) is 6.08 Å². The summed E-state index contributed by atoms with van der Waals surface area (Å²) >= 11 is 0. The molecule has 0 saturated heterocycles. The Labute approximate surface area is 106 Å². The normalized spacial score (nSPS) is 20.6. The fourth-order valence-electron chi connectivity index (χ4n) is 2.88. The van der Waals surface area contributed by atoms with E-state index in [2.05, 4.69) is 6.07 Å². The predicted molar refractivity (Wildman–Crippen MR) is 66.4 cm³/mol. The number of ether oxygens (including phenoxy) is 1. The fraction of sp³-hybridized carbons (Fsp3) is 0.400. The van der Waals surface area contributed by atoms with Gasteiger partial charge in [0.1, 0.15) is 17.2 Å². The molecule has 1 heterocycles. The van der Waals surface area contributed by atoms with Crippen molar-refractivity contribution in [2.24, 2.45) is 0 Å². The minimum atomic E-state index is -0.339. The van der Waals surface area contributed by atoms with E-state index in [0.717, 1.165) is 25.7 Å². The second-order valence-electron chi connectivity index (χ2n) is 5.04. The number of nitriles is 1. The molecule has 1 saturated carbocycles. The molecule has 0 N–H and O–H groups in total. The summed E-state index contributed by atoms with van der Waals surface area (Å²) in [7, 11) is 0. The lowest BCUT2D eigenvalue weighted by atomic mass is 9.81. The Balaban J connectivity index is 2.08. The summed E-state index contributed by atoms with van der Waals surface area (Å²) in [6, 6.07) is 6.56. The van der Waals surface area contributed by atoms with Crippen LogP contribution >= 0.6 is 0 Å². The monoisotopic (exact) mass is 243 g/mol. The van der Waals surface area contributed by atoms with E-state index < -0.39 is 0 Å². The summed E-state index contributed by atoms with van der Waals surface area (Å²) in [5, 5.41) is 9.25. The van der Waals surface area contributed by atoms with E-state index in [1.54, 1.807) is 6.07 Å². The maximum Gasteiger partial charge on any atom is 0.129 e. The molecule has 1 fully saturated rings. The summed E-state index contributed by atoms with van der Waals surface area (Å²) in [5.74, 6) is 0.301. The van der Waals surface area contributed by atoms with Crippen LogP contribution in [0, 0.1) is 17.1 Å². The van der Waals surface area contributed by atoms with E-state index in [0.29, 0.717) is 16.9 Å².